The van der Waals surface area contributed by atoms with Crippen molar-refractivity contribution in [3.05, 3.63) is 52.6 Å². The maximum absolute atomic E-state index is 14.8. The van der Waals surface area contributed by atoms with Crippen molar-refractivity contribution >= 4 is 16.1 Å². The van der Waals surface area contributed by atoms with Gasteiger partial charge in [0.15, 0.2) is 11.6 Å². The number of fused-ring (bicyclic) bond motifs is 1. The number of rotatable bonds is 5. The molecule has 1 aromatic heterocycles. The Bertz CT molecular complexity index is 1320. The van der Waals surface area contributed by atoms with Gasteiger partial charge in [-0.2, -0.15) is 9.19 Å². The molecule has 2 N–H and O–H groups in total. The summed E-state index contributed by atoms with van der Waals surface area (Å²) in [5.74, 6) is -3.50. The van der Waals surface area contributed by atoms with E-state index in [0.29, 0.717) is 44.2 Å². The molecule has 5 rings (SSSR count). The summed E-state index contributed by atoms with van der Waals surface area (Å²) in [7, 11) is -3.48. The van der Waals surface area contributed by atoms with E-state index in [9.17, 15) is 31.5 Å². The third-order valence-corrected chi connectivity index (χ3v) is 9.42. The van der Waals surface area contributed by atoms with E-state index >= 15 is 0 Å². The minimum atomic E-state index is -3.48. The highest BCUT2D eigenvalue weighted by Crippen LogP contribution is 2.38. The lowest BCUT2D eigenvalue weighted by atomic mass is 9.85. The van der Waals surface area contributed by atoms with Gasteiger partial charge in [-0.25, -0.2) is 26.4 Å². The predicted molar refractivity (Wildman–Crippen MR) is 128 cm³/mol. The Hall–Kier alpha value is -2.64. The largest absolute Gasteiger partial charge is 0.465 e. The van der Waals surface area contributed by atoms with Crippen molar-refractivity contribution in [3.63, 3.8) is 0 Å². The smallest absolute Gasteiger partial charge is 0.408 e. The van der Waals surface area contributed by atoms with Crippen LogP contribution in [0.1, 0.15) is 62.9 Å². The minimum absolute atomic E-state index is 0.213. The Kier molecular flexibility index (Phi) is 6.31. The second kappa shape index (κ2) is 8.98. The van der Waals surface area contributed by atoms with Gasteiger partial charge in [-0.1, -0.05) is 0 Å². The number of halogens is 3. The molecule has 1 saturated carbocycles. The van der Waals surface area contributed by atoms with E-state index in [1.807, 2.05) is 0 Å². The van der Waals surface area contributed by atoms with Crippen molar-refractivity contribution in [1.82, 2.24) is 24.3 Å². The summed E-state index contributed by atoms with van der Waals surface area (Å²) in [6, 6.07) is -0.664. The standard InChI is InChI=1S/C24H30F3N5O4S/c1-24(2,3)32(23(33)34)20-8-15(9-28-22(20)17-6-14(25)7-18(26)21(17)27)30-10-13-11-31(29-19(13)12-30)37(35,36)16-4-5-16/h6-7,11,15-16,20,22,28H,4-5,8-10,12H2,1-3H3,(H,33,34)/t15-,20+,22-/m1/s1. The molecule has 0 spiro atoms. The molecule has 202 valence electrons. The number of piperidine rings is 1. The third-order valence-electron chi connectivity index (χ3n) is 7.39. The van der Waals surface area contributed by atoms with E-state index in [-0.39, 0.29) is 23.3 Å². The number of hydrogen-bond acceptors (Lipinski definition) is 6. The Balaban J connectivity index is 1.42. The second-order valence-corrected chi connectivity index (χ2v) is 13.2. The third kappa shape index (κ3) is 4.72. The first kappa shape index (κ1) is 26.0. The van der Waals surface area contributed by atoms with Crippen LogP contribution in [0.2, 0.25) is 0 Å². The number of carbonyl (C=O) groups is 1. The topological polar surface area (TPSA) is 108 Å². The van der Waals surface area contributed by atoms with Crippen LogP contribution in [-0.2, 0) is 23.1 Å². The average molecular weight is 542 g/mol. The molecule has 3 atom stereocenters. The lowest BCUT2D eigenvalue weighted by molar-refractivity contribution is 0.0191. The molecule has 0 unspecified atom stereocenters. The fourth-order valence-corrected chi connectivity index (χ4v) is 7.06. The van der Waals surface area contributed by atoms with Gasteiger partial charge >= 0.3 is 6.09 Å². The summed E-state index contributed by atoms with van der Waals surface area (Å²) in [5, 5.41) is 17.2. The highest BCUT2D eigenvalue weighted by atomic mass is 32.2. The number of hydrogen-bond donors (Lipinski definition) is 2. The summed E-state index contributed by atoms with van der Waals surface area (Å²) in [6.07, 6.45) is 1.86. The number of carboxylic acid groups (broad SMARTS) is 1. The van der Waals surface area contributed by atoms with E-state index in [1.165, 1.54) is 4.90 Å². The molecular weight excluding hydrogens is 511 g/mol. The molecule has 13 heteroatoms. The molecule has 0 bridgehead atoms. The zero-order chi connectivity index (χ0) is 26.9. The van der Waals surface area contributed by atoms with Gasteiger partial charge in [0.1, 0.15) is 5.82 Å². The molecule has 3 aliphatic rings. The van der Waals surface area contributed by atoms with Crippen molar-refractivity contribution in [2.75, 3.05) is 6.54 Å². The quantitative estimate of drug-likeness (QED) is 0.560. The van der Waals surface area contributed by atoms with Gasteiger partial charge < -0.3 is 10.4 Å². The van der Waals surface area contributed by atoms with Crippen LogP contribution in [0.5, 0.6) is 0 Å². The molecule has 1 saturated heterocycles. The molecular formula is C24H30F3N5O4S. The Morgan fingerprint density at radius 2 is 1.89 bits per heavy atom. The van der Waals surface area contributed by atoms with Gasteiger partial charge in [-0.3, -0.25) is 9.80 Å². The van der Waals surface area contributed by atoms with Crippen LogP contribution in [-0.4, -0.2) is 68.0 Å². The minimum Gasteiger partial charge on any atom is -0.465 e. The average Bonchev–Trinajstić information content (AvgIpc) is 3.46. The Morgan fingerprint density at radius 3 is 2.49 bits per heavy atom. The van der Waals surface area contributed by atoms with Crippen molar-refractivity contribution < 1.29 is 31.5 Å². The van der Waals surface area contributed by atoms with Crippen LogP contribution in [0.15, 0.2) is 18.3 Å². The monoisotopic (exact) mass is 541 g/mol. The Labute approximate surface area is 213 Å². The molecule has 1 aliphatic carbocycles. The van der Waals surface area contributed by atoms with Gasteiger partial charge in [0.2, 0.25) is 0 Å². The summed E-state index contributed by atoms with van der Waals surface area (Å²) in [5.41, 5.74) is 0.286. The maximum atomic E-state index is 14.8. The highest BCUT2D eigenvalue weighted by molar-refractivity contribution is 7.90. The number of aromatic nitrogens is 2. The maximum Gasteiger partial charge on any atom is 0.408 e. The van der Waals surface area contributed by atoms with Crippen LogP contribution in [0.25, 0.3) is 0 Å². The van der Waals surface area contributed by atoms with Gasteiger partial charge in [-0.05, 0) is 46.1 Å². The molecule has 9 nitrogen and oxygen atoms in total. The number of amides is 1. The molecule has 3 heterocycles. The van der Waals surface area contributed by atoms with Gasteiger partial charge in [0.05, 0.1) is 23.0 Å². The van der Waals surface area contributed by atoms with Crippen LogP contribution in [0.4, 0.5) is 18.0 Å². The fourth-order valence-electron chi connectivity index (χ4n) is 5.53. The molecule has 1 amide bonds. The van der Waals surface area contributed by atoms with Crippen molar-refractivity contribution in [2.24, 2.45) is 0 Å². The number of nitrogens with one attached hydrogen (secondary N) is 1. The van der Waals surface area contributed by atoms with Gasteiger partial charge in [-0.15, -0.1) is 0 Å². The van der Waals surface area contributed by atoms with E-state index in [2.05, 4.69) is 15.3 Å². The van der Waals surface area contributed by atoms with Crippen LogP contribution in [0.3, 0.4) is 0 Å². The summed E-state index contributed by atoms with van der Waals surface area (Å²) in [6.45, 7) is 6.22. The lowest BCUT2D eigenvalue weighted by Gasteiger charge is -2.48. The van der Waals surface area contributed by atoms with Crippen molar-refractivity contribution in [2.45, 2.75) is 82.0 Å². The lowest BCUT2D eigenvalue weighted by Crippen LogP contribution is -2.61. The molecule has 2 fully saturated rings. The molecule has 0 radical (unpaired) electrons. The normalized spacial score (nSPS) is 24.8. The zero-order valence-corrected chi connectivity index (χ0v) is 21.6. The second-order valence-electron chi connectivity index (χ2n) is 11.1. The van der Waals surface area contributed by atoms with Gasteiger partial charge in [0, 0.05) is 54.6 Å². The fraction of sp³-hybridized carbons (Fsp3) is 0.583. The predicted octanol–water partition coefficient (Wildman–Crippen LogP) is 3.21. The molecule has 2 aromatic rings. The van der Waals surface area contributed by atoms with Crippen molar-refractivity contribution in [1.29, 1.82) is 0 Å². The number of nitrogens with zero attached hydrogens (tertiary/aromatic N) is 4. The Morgan fingerprint density at radius 1 is 1.19 bits per heavy atom. The van der Waals surface area contributed by atoms with Crippen LogP contribution >= 0.6 is 0 Å². The molecule has 1 aromatic carbocycles. The summed E-state index contributed by atoms with van der Waals surface area (Å²) < 4.78 is 69.1. The summed E-state index contributed by atoms with van der Waals surface area (Å²) >= 11 is 0. The van der Waals surface area contributed by atoms with E-state index in [0.717, 1.165) is 15.7 Å². The first-order valence-electron chi connectivity index (χ1n) is 12.2. The van der Waals surface area contributed by atoms with E-state index < -0.39 is 51.2 Å². The highest BCUT2D eigenvalue weighted by Gasteiger charge is 2.45. The van der Waals surface area contributed by atoms with Crippen LogP contribution < -0.4 is 5.32 Å². The van der Waals surface area contributed by atoms with E-state index in [1.54, 1.807) is 27.0 Å². The SMILES string of the molecule is CC(C)(C)N(C(=O)O)[C@H]1C[C@@H](N2Cc3cn(S(=O)(=O)C4CC4)nc3C2)CN[C@@H]1c1cc(F)cc(F)c1F. The molecule has 2 aliphatic heterocycles. The van der Waals surface area contributed by atoms with Crippen molar-refractivity contribution in [3.8, 4) is 0 Å². The van der Waals surface area contributed by atoms with E-state index in [4.69, 9.17) is 0 Å². The van der Waals surface area contributed by atoms with Gasteiger partial charge in [0.25, 0.3) is 10.0 Å². The first-order chi connectivity index (χ1) is 17.3. The molecule has 37 heavy (non-hydrogen) atoms. The first-order valence-corrected chi connectivity index (χ1v) is 13.7. The number of benzene rings is 1. The summed E-state index contributed by atoms with van der Waals surface area (Å²) in [4.78, 5) is 15.6. The van der Waals surface area contributed by atoms with Crippen LogP contribution in [0, 0.1) is 17.5 Å². The zero-order valence-electron chi connectivity index (χ0n) is 20.8.